The molecule has 2 aromatic heterocycles. The minimum Gasteiger partial charge on any atom is -0.460 e. The molecule has 0 atom stereocenters. The van der Waals surface area contributed by atoms with E-state index in [-0.39, 0.29) is 4.90 Å². The van der Waals surface area contributed by atoms with E-state index >= 15 is 0 Å². The molecule has 112 valence electrons. The van der Waals surface area contributed by atoms with E-state index in [1.54, 1.807) is 18.2 Å². The fourth-order valence-electron chi connectivity index (χ4n) is 2.17. The van der Waals surface area contributed by atoms with Gasteiger partial charge in [0.25, 0.3) is 0 Å². The lowest BCUT2D eigenvalue weighted by atomic mass is 10.1. The van der Waals surface area contributed by atoms with E-state index in [1.165, 1.54) is 6.26 Å². The summed E-state index contributed by atoms with van der Waals surface area (Å²) in [5.41, 5.74) is 1.97. The molecule has 22 heavy (non-hydrogen) atoms. The van der Waals surface area contributed by atoms with Crippen molar-refractivity contribution in [1.29, 1.82) is 0 Å². The van der Waals surface area contributed by atoms with E-state index < -0.39 is 9.84 Å². The number of hydrogen-bond acceptors (Lipinski definition) is 4. The Balaban J connectivity index is 2.23. The Morgan fingerprint density at radius 3 is 2.23 bits per heavy atom. The second kappa shape index (κ2) is 5.42. The van der Waals surface area contributed by atoms with E-state index in [0.29, 0.717) is 17.1 Å². The van der Waals surface area contributed by atoms with Crippen LogP contribution in [0.2, 0.25) is 0 Å². The summed E-state index contributed by atoms with van der Waals surface area (Å²) < 4.78 is 29.5. The molecular weight excluding hydrogens is 298 g/mol. The lowest BCUT2D eigenvalue weighted by Gasteiger charge is -2.07. The van der Waals surface area contributed by atoms with Crippen molar-refractivity contribution in [2.45, 2.75) is 11.8 Å². The summed E-state index contributed by atoms with van der Waals surface area (Å²) >= 11 is 0. The molecule has 3 aromatic rings. The van der Waals surface area contributed by atoms with Crippen LogP contribution < -0.4 is 0 Å². The van der Waals surface area contributed by atoms with Gasteiger partial charge in [-0.3, -0.25) is 0 Å². The van der Waals surface area contributed by atoms with Crippen molar-refractivity contribution in [2.24, 2.45) is 0 Å². The first-order valence-electron chi connectivity index (χ1n) is 6.78. The average molecular weight is 313 g/mol. The Kier molecular flexibility index (Phi) is 3.58. The van der Waals surface area contributed by atoms with Crippen molar-refractivity contribution in [3.63, 3.8) is 0 Å². The molecule has 3 rings (SSSR count). The summed E-state index contributed by atoms with van der Waals surface area (Å²) in [4.78, 5) is 4.77. The van der Waals surface area contributed by atoms with E-state index in [2.05, 4.69) is 4.98 Å². The zero-order chi connectivity index (χ0) is 15.7. The lowest BCUT2D eigenvalue weighted by Crippen LogP contribution is -2.00. The van der Waals surface area contributed by atoms with E-state index in [9.17, 15) is 8.42 Å². The van der Waals surface area contributed by atoms with Crippen molar-refractivity contribution >= 4 is 9.84 Å². The maximum absolute atomic E-state index is 11.9. The average Bonchev–Trinajstić information content (AvgIpc) is 2.93. The second-order valence-corrected chi connectivity index (χ2v) is 7.14. The summed E-state index contributed by atoms with van der Waals surface area (Å²) in [7, 11) is -3.34. The smallest absolute Gasteiger partial charge is 0.175 e. The first-order chi connectivity index (χ1) is 10.4. The van der Waals surface area contributed by atoms with Gasteiger partial charge in [0.2, 0.25) is 0 Å². The molecule has 0 aliphatic rings. The fourth-order valence-corrected chi connectivity index (χ4v) is 2.83. The van der Waals surface area contributed by atoms with Gasteiger partial charge in [0.1, 0.15) is 11.5 Å². The number of hydrogen-bond donors (Lipinski definition) is 0. The molecule has 5 heteroatoms. The van der Waals surface area contributed by atoms with E-state index in [0.717, 1.165) is 11.3 Å². The summed E-state index contributed by atoms with van der Waals surface area (Å²) in [6, 6.07) is 16.2. The summed E-state index contributed by atoms with van der Waals surface area (Å²) in [6.07, 6.45) is 1.19. The van der Waals surface area contributed by atoms with Gasteiger partial charge in [-0.1, -0.05) is 30.3 Å². The zero-order valence-corrected chi connectivity index (χ0v) is 13.1. The number of benzene rings is 1. The van der Waals surface area contributed by atoms with Gasteiger partial charge < -0.3 is 4.42 Å². The van der Waals surface area contributed by atoms with Gasteiger partial charge in [0.15, 0.2) is 15.6 Å². The molecule has 0 radical (unpaired) electrons. The maximum Gasteiger partial charge on any atom is 0.175 e. The number of pyridine rings is 1. The molecule has 1 aromatic carbocycles. The molecule has 0 spiro atoms. The topological polar surface area (TPSA) is 60.2 Å². The summed E-state index contributed by atoms with van der Waals surface area (Å²) in [6.45, 7) is 1.84. The molecule has 0 amide bonds. The minimum atomic E-state index is -3.34. The van der Waals surface area contributed by atoms with Crippen molar-refractivity contribution in [1.82, 2.24) is 4.98 Å². The quantitative estimate of drug-likeness (QED) is 0.739. The van der Waals surface area contributed by atoms with Gasteiger partial charge >= 0.3 is 0 Å². The first-order valence-corrected chi connectivity index (χ1v) is 8.67. The molecular formula is C17H15NO3S. The molecule has 0 fully saturated rings. The number of rotatable bonds is 3. The van der Waals surface area contributed by atoms with Gasteiger partial charge in [-0.2, -0.15) is 0 Å². The zero-order valence-electron chi connectivity index (χ0n) is 12.3. The van der Waals surface area contributed by atoms with Crippen LogP contribution in [-0.4, -0.2) is 19.7 Å². The van der Waals surface area contributed by atoms with Crippen LogP contribution in [-0.2, 0) is 9.84 Å². The molecule has 0 saturated carbocycles. The highest BCUT2D eigenvalue weighted by Crippen LogP contribution is 2.27. The van der Waals surface area contributed by atoms with Crippen LogP contribution in [0.3, 0.4) is 0 Å². The third-order valence-electron chi connectivity index (χ3n) is 3.29. The second-order valence-electron chi connectivity index (χ2n) is 5.12. The van der Waals surface area contributed by atoms with Crippen molar-refractivity contribution < 1.29 is 12.8 Å². The highest BCUT2D eigenvalue weighted by atomic mass is 32.2. The van der Waals surface area contributed by atoms with E-state index in [1.807, 2.05) is 43.3 Å². The third kappa shape index (κ3) is 2.94. The molecule has 4 nitrogen and oxygen atoms in total. The monoisotopic (exact) mass is 313 g/mol. The largest absolute Gasteiger partial charge is 0.460 e. The predicted octanol–water partition coefficient (Wildman–Crippen LogP) is 3.72. The Morgan fingerprint density at radius 1 is 0.955 bits per heavy atom. The lowest BCUT2D eigenvalue weighted by molar-refractivity contribution is 0.546. The molecule has 0 bridgehead atoms. The first kappa shape index (κ1) is 14.5. The molecule has 0 saturated heterocycles. The fraction of sp³-hybridized carbons (Fsp3) is 0.118. The maximum atomic E-state index is 11.9. The van der Waals surface area contributed by atoms with Crippen molar-refractivity contribution in [3.8, 4) is 22.7 Å². The van der Waals surface area contributed by atoms with Crippen LogP contribution in [0, 0.1) is 6.92 Å². The van der Waals surface area contributed by atoms with Crippen LogP contribution in [0.4, 0.5) is 0 Å². The van der Waals surface area contributed by atoms with Crippen LogP contribution >= 0.6 is 0 Å². The van der Waals surface area contributed by atoms with Gasteiger partial charge in [0.05, 0.1) is 10.6 Å². The number of furan rings is 1. The van der Waals surface area contributed by atoms with Crippen LogP contribution in [0.1, 0.15) is 5.76 Å². The number of nitrogens with zero attached hydrogens (tertiary/aromatic N) is 1. The number of sulfone groups is 1. The normalized spacial score (nSPS) is 11.5. The predicted molar refractivity (Wildman–Crippen MR) is 85.2 cm³/mol. The van der Waals surface area contributed by atoms with Gasteiger partial charge in [-0.25, -0.2) is 13.4 Å². The summed E-state index contributed by atoms with van der Waals surface area (Å²) in [5.74, 6) is 1.31. The van der Waals surface area contributed by atoms with Crippen LogP contribution in [0.15, 0.2) is 63.9 Å². The van der Waals surface area contributed by atoms with Crippen molar-refractivity contribution in [2.75, 3.05) is 6.26 Å². The standard InChI is InChI=1S/C17H15NO3S/c1-12-8-9-17(21-12)16-11-14(22(2,19)20)10-15(18-16)13-6-4-3-5-7-13/h3-11H,1-2H3. The number of aryl methyl sites for hydroxylation is 1. The molecule has 2 heterocycles. The molecule has 0 N–H and O–H groups in total. The highest BCUT2D eigenvalue weighted by Gasteiger charge is 2.15. The minimum absolute atomic E-state index is 0.227. The third-order valence-corrected chi connectivity index (χ3v) is 4.38. The van der Waals surface area contributed by atoms with Gasteiger partial charge in [0, 0.05) is 11.8 Å². The molecule has 0 unspecified atom stereocenters. The SMILES string of the molecule is Cc1ccc(-c2cc(S(C)(=O)=O)cc(-c3ccccc3)n2)o1. The van der Waals surface area contributed by atoms with Gasteiger partial charge in [-0.15, -0.1) is 0 Å². The Bertz CT molecular complexity index is 912. The molecule has 0 aliphatic carbocycles. The van der Waals surface area contributed by atoms with Crippen LogP contribution in [0.25, 0.3) is 22.7 Å². The van der Waals surface area contributed by atoms with Crippen molar-refractivity contribution in [3.05, 3.63) is 60.4 Å². The van der Waals surface area contributed by atoms with Crippen LogP contribution in [0.5, 0.6) is 0 Å². The summed E-state index contributed by atoms with van der Waals surface area (Å²) in [5, 5.41) is 0. The Labute approximate surface area is 129 Å². The Morgan fingerprint density at radius 2 is 1.64 bits per heavy atom. The molecule has 0 aliphatic heterocycles. The van der Waals surface area contributed by atoms with Gasteiger partial charge in [-0.05, 0) is 31.2 Å². The van der Waals surface area contributed by atoms with E-state index in [4.69, 9.17) is 4.42 Å². The Hall–Kier alpha value is -2.40. The highest BCUT2D eigenvalue weighted by molar-refractivity contribution is 7.90. The number of aromatic nitrogens is 1.